The fourth-order valence-electron chi connectivity index (χ4n) is 1.93. The fraction of sp³-hybridized carbons (Fsp3) is 0.154. The van der Waals surface area contributed by atoms with Crippen LogP contribution in [-0.2, 0) is 6.54 Å². The first-order valence-corrected chi connectivity index (χ1v) is 5.42. The maximum absolute atomic E-state index is 11.3. The van der Waals surface area contributed by atoms with Crippen molar-refractivity contribution >= 4 is 11.7 Å². The van der Waals surface area contributed by atoms with E-state index in [1.165, 1.54) is 0 Å². The molecule has 0 fully saturated rings. The number of carboxylic acids is 1. The number of anilines is 1. The highest BCUT2D eigenvalue weighted by molar-refractivity contribution is 5.96. The summed E-state index contributed by atoms with van der Waals surface area (Å²) < 4.78 is 1.70. The molecular formula is C13H14N2O2. The van der Waals surface area contributed by atoms with E-state index in [-0.39, 0.29) is 5.69 Å². The molecule has 2 rings (SSSR count). The number of aryl methyl sites for hydroxylation is 1. The van der Waals surface area contributed by atoms with Crippen LogP contribution in [0.15, 0.2) is 36.5 Å². The molecule has 0 spiro atoms. The molecule has 0 aliphatic heterocycles. The van der Waals surface area contributed by atoms with Crippen LogP contribution >= 0.6 is 0 Å². The standard InChI is InChI=1S/C13H14N2O2/c1-2-15-8-7-10(12(15)13(16)17)9-5-3-4-6-11(9)14/h3-8H,2,14H2,1H3,(H,16,17). The van der Waals surface area contributed by atoms with Crippen molar-refractivity contribution in [3.8, 4) is 11.1 Å². The SMILES string of the molecule is CCn1ccc(-c2ccccc2N)c1C(=O)O. The third-order valence-electron chi connectivity index (χ3n) is 2.76. The van der Waals surface area contributed by atoms with Gasteiger partial charge in [-0.15, -0.1) is 0 Å². The van der Waals surface area contributed by atoms with Gasteiger partial charge in [0.15, 0.2) is 0 Å². The number of aromatic carboxylic acids is 1. The Hall–Kier alpha value is -2.23. The Kier molecular flexibility index (Phi) is 2.87. The third-order valence-corrected chi connectivity index (χ3v) is 2.76. The van der Waals surface area contributed by atoms with E-state index >= 15 is 0 Å². The van der Waals surface area contributed by atoms with Crippen molar-refractivity contribution in [1.82, 2.24) is 4.57 Å². The van der Waals surface area contributed by atoms with Gasteiger partial charge in [0.1, 0.15) is 5.69 Å². The van der Waals surface area contributed by atoms with E-state index < -0.39 is 5.97 Å². The zero-order chi connectivity index (χ0) is 12.4. The summed E-state index contributed by atoms with van der Waals surface area (Å²) in [6.45, 7) is 2.53. The molecule has 1 heterocycles. The minimum Gasteiger partial charge on any atom is -0.477 e. The first kappa shape index (κ1) is 11.3. The number of hydrogen-bond donors (Lipinski definition) is 2. The second-order valence-electron chi connectivity index (χ2n) is 3.76. The van der Waals surface area contributed by atoms with Gasteiger partial charge in [-0.25, -0.2) is 4.79 Å². The second-order valence-corrected chi connectivity index (χ2v) is 3.76. The highest BCUT2D eigenvalue weighted by Gasteiger charge is 2.17. The number of nitrogens with zero attached hydrogens (tertiary/aromatic N) is 1. The molecule has 0 amide bonds. The molecule has 0 unspecified atom stereocenters. The van der Waals surface area contributed by atoms with Crippen molar-refractivity contribution in [2.45, 2.75) is 13.5 Å². The minimum atomic E-state index is -0.935. The molecule has 2 aromatic rings. The zero-order valence-corrected chi connectivity index (χ0v) is 9.55. The van der Waals surface area contributed by atoms with Crippen LogP contribution in [0.25, 0.3) is 11.1 Å². The highest BCUT2D eigenvalue weighted by atomic mass is 16.4. The molecule has 0 bridgehead atoms. The normalized spacial score (nSPS) is 10.4. The van der Waals surface area contributed by atoms with Crippen LogP contribution in [-0.4, -0.2) is 15.6 Å². The molecule has 0 aliphatic carbocycles. The van der Waals surface area contributed by atoms with Gasteiger partial charge in [-0.2, -0.15) is 0 Å². The van der Waals surface area contributed by atoms with Crippen LogP contribution in [0.5, 0.6) is 0 Å². The van der Waals surface area contributed by atoms with Crippen LogP contribution < -0.4 is 5.73 Å². The fourth-order valence-corrected chi connectivity index (χ4v) is 1.93. The van der Waals surface area contributed by atoms with Crippen molar-refractivity contribution in [1.29, 1.82) is 0 Å². The molecule has 0 atom stereocenters. The first-order chi connectivity index (χ1) is 8.15. The molecule has 0 saturated heterocycles. The predicted molar refractivity (Wildman–Crippen MR) is 66.9 cm³/mol. The van der Waals surface area contributed by atoms with Gasteiger partial charge < -0.3 is 15.4 Å². The van der Waals surface area contributed by atoms with E-state index in [0.717, 1.165) is 5.56 Å². The maximum Gasteiger partial charge on any atom is 0.353 e. The lowest BCUT2D eigenvalue weighted by Gasteiger charge is -2.07. The van der Waals surface area contributed by atoms with Gasteiger partial charge in [0, 0.05) is 29.6 Å². The Morgan fingerprint density at radius 2 is 2.00 bits per heavy atom. The number of nitrogen functional groups attached to an aromatic ring is 1. The van der Waals surface area contributed by atoms with Crippen LogP contribution in [0, 0.1) is 0 Å². The maximum atomic E-state index is 11.3. The molecule has 1 aromatic heterocycles. The first-order valence-electron chi connectivity index (χ1n) is 5.42. The van der Waals surface area contributed by atoms with Gasteiger partial charge in [-0.3, -0.25) is 0 Å². The zero-order valence-electron chi connectivity index (χ0n) is 9.55. The largest absolute Gasteiger partial charge is 0.477 e. The number of carboxylic acid groups (broad SMARTS) is 1. The van der Waals surface area contributed by atoms with E-state index in [2.05, 4.69) is 0 Å². The lowest BCUT2D eigenvalue weighted by Crippen LogP contribution is -2.08. The Morgan fingerprint density at radius 1 is 1.29 bits per heavy atom. The van der Waals surface area contributed by atoms with Crippen LogP contribution in [0.1, 0.15) is 17.4 Å². The monoisotopic (exact) mass is 230 g/mol. The summed E-state index contributed by atoms with van der Waals surface area (Å²) in [5.41, 5.74) is 8.17. The van der Waals surface area contributed by atoms with Gasteiger partial charge in [0.05, 0.1) is 0 Å². The summed E-state index contributed by atoms with van der Waals surface area (Å²) in [5, 5.41) is 9.26. The molecule has 3 N–H and O–H groups in total. The van der Waals surface area contributed by atoms with E-state index in [1.54, 1.807) is 22.9 Å². The lowest BCUT2D eigenvalue weighted by atomic mass is 10.0. The molecule has 88 valence electrons. The van der Waals surface area contributed by atoms with Gasteiger partial charge in [0.2, 0.25) is 0 Å². The summed E-state index contributed by atoms with van der Waals surface area (Å²) in [7, 11) is 0. The third kappa shape index (κ3) is 1.89. The number of rotatable bonds is 3. The number of para-hydroxylation sites is 1. The number of aromatic nitrogens is 1. The number of nitrogens with two attached hydrogens (primary N) is 1. The van der Waals surface area contributed by atoms with Crippen molar-refractivity contribution < 1.29 is 9.90 Å². The summed E-state index contributed by atoms with van der Waals surface area (Å²) in [4.78, 5) is 11.3. The Morgan fingerprint density at radius 3 is 2.59 bits per heavy atom. The Labute approximate surface area is 99.3 Å². The van der Waals surface area contributed by atoms with E-state index in [1.807, 2.05) is 25.1 Å². The van der Waals surface area contributed by atoms with E-state index in [4.69, 9.17) is 5.73 Å². The van der Waals surface area contributed by atoms with Crippen LogP contribution in [0.4, 0.5) is 5.69 Å². The molecule has 0 saturated carbocycles. The summed E-state index contributed by atoms with van der Waals surface area (Å²) >= 11 is 0. The minimum absolute atomic E-state index is 0.283. The molecule has 17 heavy (non-hydrogen) atoms. The van der Waals surface area contributed by atoms with Crippen molar-refractivity contribution in [2.75, 3.05) is 5.73 Å². The lowest BCUT2D eigenvalue weighted by molar-refractivity contribution is 0.0686. The topological polar surface area (TPSA) is 68.2 Å². The average molecular weight is 230 g/mol. The number of carbonyl (C=O) groups is 1. The smallest absolute Gasteiger partial charge is 0.353 e. The molecule has 4 nitrogen and oxygen atoms in total. The second kappa shape index (κ2) is 4.33. The van der Waals surface area contributed by atoms with Gasteiger partial charge in [0.25, 0.3) is 0 Å². The predicted octanol–water partition coefficient (Wildman–Crippen LogP) is 2.46. The number of hydrogen-bond acceptors (Lipinski definition) is 2. The van der Waals surface area contributed by atoms with Crippen molar-refractivity contribution in [2.24, 2.45) is 0 Å². The van der Waals surface area contributed by atoms with Crippen LogP contribution in [0.3, 0.4) is 0 Å². The van der Waals surface area contributed by atoms with Crippen molar-refractivity contribution in [3.05, 3.63) is 42.2 Å². The average Bonchev–Trinajstić information content (AvgIpc) is 2.73. The van der Waals surface area contributed by atoms with E-state index in [0.29, 0.717) is 17.8 Å². The van der Waals surface area contributed by atoms with Crippen molar-refractivity contribution in [3.63, 3.8) is 0 Å². The molecule has 1 aromatic carbocycles. The van der Waals surface area contributed by atoms with E-state index in [9.17, 15) is 9.90 Å². The highest BCUT2D eigenvalue weighted by Crippen LogP contribution is 2.29. The quantitative estimate of drug-likeness (QED) is 0.796. The van der Waals surface area contributed by atoms with Gasteiger partial charge >= 0.3 is 5.97 Å². The summed E-state index contributed by atoms with van der Waals surface area (Å²) in [5.74, 6) is -0.935. The molecule has 0 radical (unpaired) electrons. The Bertz CT molecular complexity index is 558. The summed E-state index contributed by atoms with van der Waals surface area (Å²) in [6.07, 6.45) is 1.77. The number of benzene rings is 1. The van der Waals surface area contributed by atoms with Gasteiger partial charge in [-0.1, -0.05) is 18.2 Å². The summed E-state index contributed by atoms with van der Waals surface area (Å²) in [6, 6.07) is 9.07. The Balaban J connectivity index is 2.64. The van der Waals surface area contributed by atoms with Gasteiger partial charge in [-0.05, 0) is 19.1 Å². The molecule has 4 heteroatoms. The molecule has 0 aliphatic rings. The van der Waals surface area contributed by atoms with Crippen LogP contribution in [0.2, 0.25) is 0 Å². The molecular weight excluding hydrogens is 216 g/mol.